The van der Waals surface area contributed by atoms with Crippen molar-refractivity contribution >= 4 is 28.6 Å². The van der Waals surface area contributed by atoms with E-state index >= 15 is 0 Å². The second-order valence-electron chi connectivity index (χ2n) is 7.09. The smallest absolute Gasteiger partial charge is 0.227 e. The molecule has 0 spiro atoms. The highest BCUT2D eigenvalue weighted by molar-refractivity contribution is 5.92. The maximum absolute atomic E-state index is 14.6. The van der Waals surface area contributed by atoms with Crippen LogP contribution >= 0.6 is 0 Å². The summed E-state index contributed by atoms with van der Waals surface area (Å²) in [5.41, 5.74) is -2.33. The van der Waals surface area contributed by atoms with E-state index in [4.69, 9.17) is 14.8 Å². The maximum Gasteiger partial charge on any atom is 0.227 e. The molecule has 1 fully saturated rings. The summed E-state index contributed by atoms with van der Waals surface area (Å²) in [7, 11) is 0. The number of nitrogens with one attached hydrogen (secondary N) is 1. The Labute approximate surface area is 155 Å². The summed E-state index contributed by atoms with van der Waals surface area (Å²) < 4.78 is 62.1. The minimum atomic E-state index is -2.91. The summed E-state index contributed by atoms with van der Waals surface area (Å²) in [6.07, 6.45) is 1.61. The molecule has 1 heterocycles. The lowest BCUT2D eigenvalue weighted by atomic mass is 9.78. The Hall–Kier alpha value is -2.42. The molecule has 132 valence electrons. The van der Waals surface area contributed by atoms with E-state index in [-0.39, 0.29) is 17.2 Å². The Morgan fingerprint density at radius 2 is 2.28 bits per heavy atom. The average molecular weight is 348 g/mol. The molecular formula is C19H23FN4O. The molecule has 0 atom stereocenters. The van der Waals surface area contributed by atoms with Crippen molar-refractivity contribution in [3.63, 3.8) is 0 Å². The number of anilines is 1. The molecule has 25 heavy (non-hydrogen) atoms. The van der Waals surface area contributed by atoms with Crippen LogP contribution in [-0.2, 0) is 10.3 Å². The Bertz CT molecular complexity index is 1060. The number of carbonyl (C=O) groups excluding carboxylic acids is 1. The van der Waals surface area contributed by atoms with Crippen LogP contribution in [0.4, 0.5) is 16.0 Å². The highest BCUT2D eigenvalue weighted by atomic mass is 19.1. The van der Waals surface area contributed by atoms with Crippen LogP contribution in [0.15, 0.2) is 12.1 Å². The molecule has 1 aromatic heterocycles. The van der Waals surface area contributed by atoms with E-state index in [1.54, 1.807) is 4.57 Å². The Kier molecular flexibility index (Phi) is 2.62. The fourth-order valence-corrected chi connectivity index (χ4v) is 3.22. The predicted octanol–water partition coefficient (Wildman–Crippen LogP) is 5.00. The van der Waals surface area contributed by atoms with Gasteiger partial charge in [-0.3, -0.25) is 10.1 Å². The Balaban J connectivity index is 2.05. The van der Waals surface area contributed by atoms with Crippen LogP contribution in [0.25, 0.3) is 15.9 Å². The molecule has 0 unspecified atom stereocenters. The summed E-state index contributed by atoms with van der Waals surface area (Å²) >= 11 is 0. The van der Waals surface area contributed by atoms with Crippen molar-refractivity contribution in [3.8, 4) is 0 Å². The van der Waals surface area contributed by atoms with E-state index in [0.29, 0.717) is 5.52 Å². The molecule has 0 aliphatic heterocycles. The van der Waals surface area contributed by atoms with Crippen LogP contribution in [0, 0.1) is 17.8 Å². The van der Waals surface area contributed by atoms with Gasteiger partial charge in [0.15, 0.2) is 5.69 Å². The molecular weight excluding hydrogens is 319 g/mol. The van der Waals surface area contributed by atoms with Gasteiger partial charge in [0.2, 0.25) is 11.9 Å². The zero-order chi connectivity index (χ0) is 23.4. The molecule has 1 amide bonds. The molecule has 1 aliphatic rings. The lowest BCUT2D eigenvalue weighted by Gasteiger charge is -2.41. The first-order valence-corrected chi connectivity index (χ1v) is 8.03. The van der Waals surface area contributed by atoms with Crippen molar-refractivity contribution in [2.75, 3.05) is 5.32 Å². The number of rotatable bonds is 3. The van der Waals surface area contributed by atoms with Crippen molar-refractivity contribution in [1.82, 2.24) is 9.55 Å². The van der Waals surface area contributed by atoms with Crippen LogP contribution in [0.2, 0.25) is 0 Å². The van der Waals surface area contributed by atoms with Crippen LogP contribution in [0.3, 0.4) is 0 Å². The SMILES string of the molecule is [2H]C([2H])([2H])C(C)(CC(=O)Nc1nc2c(F)cc([N+]#[C-])cc2n1C1(C)CCC1)C([2H])([2H])[2H]. The topological polar surface area (TPSA) is 51.3 Å². The normalized spacial score (nSPS) is 20.9. The number of amides is 1. The number of imidazole rings is 1. The monoisotopic (exact) mass is 348 g/mol. The van der Waals surface area contributed by atoms with E-state index < -0.39 is 42.8 Å². The molecule has 2 aromatic rings. The standard InChI is InChI=1S/C19H23FN4O/c1-18(2,3)11-15(25)22-17-23-16-13(20)9-12(21-5)10-14(16)24(17)19(4)7-6-8-19/h9-10H,6-8,11H2,1-4H3,(H,22,23,25)/i1D3,2D3. The van der Waals surface area contributed by atoms with Gasteiger partial charge in [0, 0.05) is 20.2 Å². The summed E-state index contributed by atoms with van der Waals surface area (Å²) in [6.45, 7) is 4.32. The van der Waals surface area contributed by atoms with Gasteiger partial charge >= 0.3 is 0 Å². The third-order valence-electron chi connectivity index (χ3n) is 4.56. The molecule has 0 saturated heterocycles. The zero-order valence-corrected chi connectivity index (χ0v) is 14.1. The predicted molar refractivity (Wildman–Crippen MR) is 96.2 cm³/mol. The average Bonchev–Trinajstić information content (AvgIpc) is 2.96. The second kappa shape index (κ2) is 5.83. The summed E-state index contributed by atoms with van der Waals surface area (Å²) in [5, 5.41) is 2.51. The van der Waals surface area contributed by atoms with E-state index in [2.05, 4.69) is 15.1 Å². The Morgan fingerprint density at radius 3 is 2.84 bits per heavy atom. The fraction of sp³-hybridized carbons (Fsp3) is 0.526. The molecule has 3 rings (SSSR count). The van der Waals surface area contributed by atoms with Gasteiger partial charge in [0.1, 0.15) is 11.3 Å². The van der Waals surface area contributed by atoms with Gasteiger partial charge < -0.3 is 4.57 Å². The summed E-state index contributed by atoms with van der Waals surface area (Å²) in [4.78, 5) is 20.3. The van der Waals surface area contributed by atoms with E-state index in [1.165, 1.54) is 6.07 Å². The molecule has 1 aliphatic carbocycles. The molecule has 1 aromatic carbocycles. The van der Waals surface area contributed by atoms with Gasteiger partial charge in [0.05, 0.1) is 12.1 Å². The van der Waals surface area contributed by atoms with Crippen molar-refractivity contribution in [1.29, 1.82) is 0 Å². The second-order valence-corrected chi connectivity index (χ2v) is 7.09. The number of nitrogens with zero attached hydrogens (tertiary/aromatic N) is 3. The van der Waals surface area contributed by atoms with Gasteiger partial charge in [-0.1, -0.05) is 20.6 Å². The van der Waals surface area contributed by atoms with Gasteiger partial charge in [-0.25, -0.2) is 14.2 Å². The van der Waals surface area contributed by atoms with E-state index in [0.717, 1.165) is 32.3 Å². The number of fused-ring (bicyclic) bond motifs is 1. The molecule has 6 heteroatoms. The zero-order valence-electron chi connectivity index (χ0n) is 20.1. The van der Waals surface area contributed by atoms with Crippen LogP contribution in [0.1, 0.15) is 61.5 Å². The first kappa shape index (κ1) is 11.2. The van der Waals surface area contributed by atoms with Crippen molar-refractivity contribution < 1.29 is 17.4 Å². The molecule has 1 saturated carbocycles. The summed E-state index contributed by atoms with van der Waals surface area (Å²) in [5.74, 6) is -1.56. The van der Waals surface area contributed by atoms with Crippen LogP contribution < -0.4 is 5.32 Å². The minimum absolute atomic E-state index is 0.00154. The quantitative estimate of drug-likeness (QED) is 0.794. The van der Waals surface area contributed by atoms with Gasteiger partial charge in [-0.15, -0.1) is 0 Å². The Morgan fingerprint density at radius 1 is 1.56 bits per heavy atom. The molecule has 0 bridgehead atoms. The van der Waals surface area contributed by atoms with Crippen molar-refractivity contribution in [2.24, 2.45) is 5.41 Å². The van der Waals surface area contributed by atoms with Crippen molar-refractivity contribution in [2.45, 2.75) is 58.8 Å². The first-order valence-electron chi connectivity index (χ1n) is 11.0. The van der Waals surface area contributed by atoms with Gasteiger partial charge in [-0.2, -0.15) is 0 Å². The minimum Gasteiger partial charge on any atom is -0.305 e. The number of aromatic nitrogens is 2. The highest BCUT2D eigenvalue weighted by Gasteiger charge is 2.37. The highest BCUT2D eigenvalue weighted by Crippen LogP contribution is 2.44. The fourth-order valence-electron chi connectivity index (χ4n) is 3.22. The molecule has 5 nitrogen and oxygen atoms in total. The van der Waals surface area contributed by atoms with Crippen LogP contribution in [-0.4, -0.2) is 15.5 Å². The first-order chi connectivity index (χ1) is 14.1. The number of hydrogen-bond acceptors (Lipinski definition) is 2. The van der Waals surface area contributed by atoms with Crippen LogP contribution in [0.5, 0.6) is 0 Å². The van der Waals surface area contributed by atoms with E-state index in [9.17, 15) is 9.18 Å². The number of halogens is 1. The lowest BCUT2D eigenvalue weighted by molar-refractivity contribution is -0.117. The molecule has 1 N–H and O–H groups in total. The molecule has 0 radical (unpaired) electrons. The van der Waals surface area contributed by atoms with Gasteiger partial charge in [-0.05, 0) is 43.7 Å². The van der Waals surface area contributed by atoms with Gasteiger partial charge in [0.25, 0.3) is 0 Å². The number of benzene rings is 1. The third kappa shape index (κ3) is 3.23. The van der Waals surface area contributed by atoms with E-state index in [1.807, 2.05) is 6.92 Å². The summed E-state index contributed by atoms with van der Waals surface area (Å²) in [6, 6.07) is 2.55. The van der Waals surface area contributed by atoms with Crippen molar-refractivity contribution in [3.05, 3.63) is 29.4 Å². The number of hydrogen-bond donors (Lipinski definition) is 1. The maximum atomic E-state index is 14.6. The lowest BCUT2D eigenvalue weighted by Crippen LogP contribution is -2.38. The third-order valence-corrected chi connectivity index (χ3v) is 4.56. The number of carbonyl (C=O) groups is 1. The largest absolute Gasteiger partial charge is 0.305 e.